The monoisotopic (exact) mass is 273 g/mol. The van der Waals surface area contributed by atoms with E-state index in [0.29, 0.717) is 13.2 Å². The number of benzene rings is 2. The molecule has 0 amide bonds. The molecule has 2 nitrogen and oxygen atoms in total. The van der Waals surface area contributed by atoms with E-state index in [4.69, 9.17) is 4.74 Å². The second kappa shape index (κ2) is 6.42. The molecule has 0 spiro atoms. The van der Waals surface area contributed by atoms with Gasteiger partial charge in [0.15, 0.2) is 0 Å². The van der Waals surface area contributed by atoms with Crippen molar-refractivity contribution >= 4 is 5.69 Å². The molecule has 2 aromatic rings. The molecule has 0 atom stereocenters. The van der Waals surface area contributed by atoms with Crippen molar-refractivity contribution in [2.24, 2.45) is 0 Å². The van der Waals surface area contributed by atoms with Gasteiger partial charge in [0.1, 0.15) is 18.2 Å². The Hall–Kier alpha value is -2.03. The van der Waals surface area contributed by atoms with Crippen LogP contribution >= 0.6 is 0 Å². The summed E-state index contributed by atoms with van der Waals surface area (Å²) in [6.45, 7) is 7.47. The molecule has 0 bridgehead atoms. The van der Waals surface area contributed by atoms with Crippen LogP contribution in [0.2, 0.25) is 0 Å². The van der Waals surface area contributed by atoms with Crippen molar-refractivity contribution in [3.05, 3.63) is 58.9 Å². The maximum atomic E-state index is 12.8. The van der Waals surface area contributed by atoms with E-state index >= 15 is 0 Å². The Kier molecular flexibility index (Phi) is 4.61. The lowest BCUT2D eigenvalue weighted by molar-refractivity contribution is 0.330. The molecule has 2 aromatic carbocycles. The SMILES string of the molecule is Cc1cc(C)c(C)c(OCCNc2ccc(F)cc2)c1. The van der Waals surface area contributed by atoms with Crippen molar-refractivity contribution in [2.75, 3.05) is 18.5 Å². The fourth-order valence-electron chi connectivity index (χ4n) is 2.07. The first-order chi connectivity index (χ1) is 9.56. The van der Waals surface area contributed by atoms with E-state index in [1.807, 2.05) is 0 Å². The molecule has 0 fully saturated rings. The Morgan fingerprint density at radius 1 is 1.05 bits per heavy atom. The van der Waals surface area contributed by atoms with Crippen molar-refractivity contribution in [3.8, 4) is 5.75 Å². The van der Waals surface area contributed by atoms with Crippen molar-refractivity contribution in [1.29, 1.82) is 0 Å². The summed E-state index contributed by atoms with van der Waals surface area (Å²) in [5, 5.41) is 3.20. The fourth-order valence-corrected chi connectivity index (χ4v) is 2.07. The summed E-state index contributed by atoms with van der Waals surface area (Å²) in [6.07, 6.45) is 0. The van der Waals surface area contributed by atoms with Gasteiger partial charge in [-0.3, -0.25) is 0 Å². The first kappa shape index (κ1) is 14.4. The highest BCUT2D eigenvalue weighted by atomic mass is 19.1. The van der Waals surface area contributed by atoms with Gasteiger partial charge in [-0.25, -0.2) is 4.39 Å². The molecule has 2 rings (SSSR count). The Morgan fingerprint density at radius 3 is 2.45 bits per heavy atom. The van der Waals surface area contributed by atoms with E-state index in [-0.39, 0.29) is 5.82 Å². The molecule has 0 heterocycles. The molecule has 0 aliphatic carbocycles. The van der Waals surface area contributed by atoms with Crippen molar-refractivity contribution < 1.29 is 9.13 Å². The highest BCUT2D eigenvalue weighted by Crippen LogP contribution is 2.23. The van der Waals surface area contributed by atoms with Crippen LogP contribution in [-0.2, 0) is 0 Å². The van der Waals surface area contributed by atoms with Crippen LogP contribution in [0.4, 0.5) is 10.1 Å². The van der Waals surface area contributed by atoms with Gasteiger partial charge in [-0.15, -0.1) is 0 Å². The second-order valence-electron chi connectivity index (χ2n) is 4.99. The minimum Gasteiger partial charge on any atom is -0.491 e. The minimum absolute atomic E-state index is 0.224. The van der Waals surface area contributed by atoms with Crippen LogP contribution in [-0.4, -0.2) is 13.2 Å². The first-order valence-electron chi connectivity index (χ1n) is 6.76. The van der Waals surface area contributed by atoms with Crippen molar-refractivity contribution in [1.82, 2.24) is 0 Å². The Balaban J connectivity index is 1.86. The summed E-state index contributed by atoms with van der Waals surface area (Å²) < 4.78 is 18.6. The van der Waals surface area contributed by atoms with Crippen LogP contribution in [0, 0.1) is 26.6 Å². The molecule has 0 aliphatic heterocycles. The number of ether oxygens (including phenoxy) is 1. The van der Waals surface area contributed by atoms with Crippen LogP contribution in [0.15, 0.2) is 36.4 Å². The van der Waals surface area contributed by atoms with Gasteiger partial charge < -0.3 is 10.1 Å². The molecule has 106 valence electrons. The summed E-state index contributed by atoms with van der Waals surface area (Å²) in [5.74, 6) is 0.709. The van der Waals surface area contributed by atoms with E-state index in [0.717, 1.165) is 11.4 Å². The molecule has 1 N–H and O–H groups in total. The third kappa shape index (κ3) is 3.73. The van der Waals surface area contributed by atoms with Crippen LogP contribution in [0.25, 0.3) is 0 Å². The van der Waals surface area contributed by atoms with Gasteiger partial charge in [-0.05, 0) is 67.8 Å². The molecular weight excluding hydrogens is 253 g/mol. The smallest absolute Gasteiger partial charge is 0.123 e. The van der Waals surface area contributed by atoms with E-state index in [9.17, 15) is 4.39 Å². The number of nitrogens with one attached hydrogen (secondary N) is 1. The van der Waals surface area contributed by atoms with Gasteiger partial charge in [0, 0.05) is 12.2 Å². The van der Waals surface area contributed by atoms with E-state index in [1.165, 1.54) is 28.8 Å². The largest absolute Gasteiger partial charge is 0.491 e. The standard InChI is InChI=1S/C17H20FNO/c1-12-10-13(2)14(3)17(11-12)20-9-8-19-16-6-4-15(18)5-7-16/h4-7,10-11,19H,8-9H2,1-3H3. The molecule has 20 heavy (non-hydrogen) atoms. The second-order valence-corrected chi connectivity index (χ2v) is 4.99. The predicted molar refractivity (Wildman–Crippen MR) is 81.0 cm³/mol. The fraction of sp³-hybridized carbons (Fsp3) is 0.294. The summed E-state index contributed by atoms with van der Waals surface area (Å²) in [7, 11) is 0. The number of hydrogen-bond donors (Lipinski definition) is 1. The summed E-state index contributed by atoms with van der Waals surface area (Å²) in [4.78, 5) is 0. The molecule has 0 saturated carbocycles. The zero-order valence-corrected chi connectivity index (χ0v) is 12.2. The Bertz CT molecular complexity index is 578. The number of rotatable bonds is 5. The predicted octanol–water partition coefficient (Wildman–Crippen LogP) is 4.24. The van der Waals surface area contributed by atoms with Crippen LogP contribution in [0.5, 0.6) is 5.75 Å². The lowest BCUT2D eigenvalue weighted by Gasteiger charge is -2.13. The van der Waals surface area contributed by atoms with Crippen molar-refractivity contribution in [3.63, 3.8) is 0 Å². The molecule has 0 unspecified atom stereocenters. The van der Waals surface area contributed by atoms with E-state index in [2.05, 4.69) is 38.2 Å². The highest BCUT2D eigenvalue weighted by molar-refractivity contribution is 5.43. The maximum Gasteiger partial charge on any atom is 0.123 e. The summed E-state index contributed by atoms with van der Waals surface area (Å²) in [6, 6.07) is 10.5. The lowest BCUT2D eigenvalue weighted by atomic mass is 10.1. The summed E-state index contributed by atoms with van der Waals surface area (Å²) in [5.41, 5.74) is 4.52. The zero-order valence-electron chi connectivity index (χ0n) is 12.2. The Labute approximate surface area is 119 Å². The van der Waals surface area contributed by atoms with Crippen molar-refractivity contribution in [2.45, 2.75) is 20.8 Å². The van der Waals surface area contributed by atoms with Crippen LogP contribution in [0.3, 0.4) is 0 Å². The van der Waals surface area contributed by atoms with Gasteiger partial charge in [-0.1, -0.05) is 6.07 Å². The molecular formula is C17H20FNO. The molecule has 0 aliphatic rings. The number of aryl methyl sites for hydroxylation is 2. The first-order valence-corrected chi connectivity index (χ1v) is 6.76. The third-order valence-corrected chi connectivity index (χ3v) is 3.30. The topological polar surface area (TPSA) is 21.3 Å². The average molecular weight is 273 g/mol. The van der Waals surface area contributed by atoms with Gasteiger partial charge in [-0.2, -0.15) is 0 Å². The van der Waals surface area contributed by atoms with E-state index in [1.54, 1.807) is 12.1 Å². The molecule has 0 saturated heterocycles. The van der Waals surface area contributed by atoms with Crippen LogP contribution in [0.1, 0.15) is 16.7 Å². The van der Waals surface area contributed by atoms with Gasteiger partial charge in [0.05, 0.1) is 0 Å². The number of anilines is 1. The highest BCUT2D eigenvalue weighted by Gasteiger charge is 2.03. The minimum atomic E-state index is -0.224. The normalized spacial score (nSPS) is 10.4. The number of halogens is 1. The quantitative estimate of drug-likeness (QED) is 0.823. The molecule has 0 aromatic heterocycles. The zero-order chi connectivity index (χ0) is 14.5. The molecule has 3 heteroatoms. The van der Waals surface area contributed by atoms with Gasteiger partial charge >= 0.3 is 0 Å². The van der Waals surface area contributed by atoms with Gasteiger partial charge in [0.25, 0.3) is 0 Å². The molecule has 0 radical (unpaired) electrons. The van der Waals surface area contributed by atoms with Crippen LogP contribution < -0.4 is 10.1 Å². The van der Waals surface area contributed by atoms with E-state index < -0.39 is 0 Å². The Morgan fingerprint density at radius 2 is 1.75 bits per heavy atom. The lowest BCUT2D eigenvalue weighted by Crippen LogP contribution is -2.12. The average Bonchev–Trinajstić information content (AvgIpc) is 2.42. The third-order valence-electron chi connectivity index (χ3n) is 3.30. The number of hydrogen-bond acceptors (Lipinski definition) is 2. The summed E-state index contributed by atoms with van der Waals surface area (Å²) >= 11 is 0. The van der Waals surface area contributed by atoms with Gasteiger partial charge in [0.2, 0.25) is 0 Å². The maximum absolute atomic E-state index is 12.8.